The summed E-state index contributed by atoms with van der Waals surface area (Å²) in [6, 6.07) is 13.3. The number of hydrogen-bond donors (Lipinski definition) is 0. The van der Waals surface area contributed by atoms with Gasteiger partial charge >= 0.3 is 5.97 Å². The van der Waals surface area contributed by atoms with Gasteiger partial charge in [-0.2, -0.15) is 0 Å². The molecular weight excluding hydrogens is 370 g/mol. The average Bonchev–Trinajstić information content (AvgIpc) is 3.41. The Morgan fingerprint density at radius 2 is 2.00 bits per heavy atom. The summed E-state index contributed by atoms with van der Waals surface area (Å²) in [5.41, 5.74) is 1.01. The number of ether oxygens (including phenoxy) is 1. The van der Waals surface area contributed by atoms with Crippen LogP contribution in [0.3, 0.4) is 0 Å². The monoisotopic (exact) mass is 387 g/mol. The Morgan fingerprint density at radius 3 is 2.69 bits per heavy atom. The average molecular weight is 388 g/mol. The molecule has 4 rings (SSSR count). The van der Waals surface area contributed by atoms with E-state index >= 15 is 0 Å². The molecule has 2 heterocycles. The van der Waals surface area contributed by atoms with Gasteiger partial charge in [-0.25, -0.2) is 0 Å². The summed E-state index contributed by atoms with van der Waals surface area (Å²) in [7, 11) is 0. The first-order chi connectivity index (χ1) is 12.7. The van der Waals surface area contributed by atoms with Crippen LogP contribution in [0.25, 0.3) is 10.6 Å². The Hall–Kier alpha value is -2.11. The molecule has 1 saturated carbocycles. The second-order valence-electron chi connectivity index (χ2n) is 6.53. The van der Waals surface area contributed by atoms with Gasteiger partial charge in [-0.15, -0.1) is 11.3 Å². The van der Waals surface area contributed by atoms with Crippen molar-refractivity contribution in [3.8, 4) is 10.6 Å². The molecule has 1 aromatic carbocycles. The van der Waals surface area contributed by atoms with Crippen molar-refractivity contribution in [2.75, 3.05) is 0 Å². The maximum Gasteiger partial charge on any atom is 0.316 e. The standard InChI is InChI=1S/C20H18ClNO3S/c21-15-7-5-14(6-8-15)20(9-1-2-10-20)19(23)24-13-16-12-17(25-22-16)18-4-3-11-26-18/h3-8,11-12H,1-2,9-10,13H2. The van der Waals surface area contributed by atoms with Gasteiger partial charge < -0.3 is 9.26 Å². The van der Waals surface area contributed by atoms with Crippen LogP contribution >= 0.6 is 22.9 Å². The van der Waals surface area contributed by atoms with Gasteiger partial charge in [0.2, 0.25) is 0 Å². The summed E-state index contributed by atoms with van der Waals surface area (Å²) in [5, 5.41) is 6.66. The fourth-order valence-corrected chi connectivity index (χ4v) is 4.35. The maximum absolute atomic E-state index is 12.9. The molecule has 4 nitrogen and oxygen atoms in total. The van der Waals surface area contributed by atoms with Gasteiger partial charge in [-0.3, -0.25) is 4.79 Å². The second-order valence-corrected chi connectivity index (χ2v) is 7.92. The summed E-state index contributed by atoms with van der Waals surface area (Å²) in [4.78, 5) is 14.0. The molecule has 0 saturated heterocycles. The van der Waals surface area contributed by atoms with Crippen LogP contribution in [0.15, 0.2) is 52.4 Å². The van der Waals surface area contributed by atoms with Gasteiger partial charge in [0.1, 0.15) is 12.3 Å². The molecule has 0 amide bonds. The number of benzene rings is 1. The number of carbonyl (C=O) groups excluding carboxylic acids is 1. The minimum atomic E-state index is -0.578. The molecular formula is C20H18ClNO3S. The van der Waals surface area contributed by atoms with E-state index in [0.29, 0.717) is 16.5 Å². The van der Waals surface area contributed by atoms with Crippen molar-refractivity contribution < 1.29 is 14.1 Å². The van der Waals surface area contributed by atoms with Gasteiger partial charge in [0.25, 0.3) is 0 Å². The minimum Gasteiger partial charge on any atom is -0.458 e. The third-order valence-corrected chi connectivity index (χ3v) is 6.06. The highest BCUT2D eigenvalue weighted by Crippen LogP contribution is 2.42. The molecule has 26 heavy (non-hydrogen) atoms. The van der Waals surface area contributed by atoms with E-state index < -0.39 is 5.41 Å². The fourth-order valence-electron chi connectivity index (χ4n) is 3.55. The van der Waals surface area contributed by atoms with E-state index in [2.05, 4.69) is 5.16 Å². The van der Waals surface area contributed by atoms with Gasteiger partial charge in [-0.05, 0) is 42.0 Å². The highest BCUT2D eigenvalue weighted by Gasteiger charge is 2.44. The van der Waals surface area contributed by atoms with Crippen molar-refractivity contribution in [1.82, 2.24) is 5.16 Å². The number of carbonyl (C=O) groups is 1. The Kier molecular flexibility index (Phi) is 4.83. The molecule has 0 bridgehead atoms. The summed E-state index contributed by atoms with van der Waals surface area (Å²) in [6.07, 6.45) is 3.63. The first-order valence-corrected chi connectivity index (χ1v) is 9.86. The van der Waals surface area contributed by atoms with Gasteiger partial charge in [0.05, 0.1) is 10.3 Å². The predicted octanol–water partition coefficient (Wildman–Crippen LogP) is 5.61. The van der Waals surface area contributed by atoms with Gasteiger partial charge in [0.15, 0.2) is 5.76 Å². The number of esters is 1. The number of nitrogens with zero attached hydrogens (tertiary/aromatic N) is 1. The largest absolute Gasteiger partial charge is 0.458 e. The highest BCUT2D eigenvalue weighted by molar-refractivity contribution is 7.13. The van der Waals surface area contributed by atoms with E-state index in [0.717, 1.165) is 36.1 Å². The Morgan fingerprint density at radius 1 is 1.23 bits per heavy atom. The van der Waals surface area contributed by atoms with Crippen LogP contribution in [-0.4, -0.2) is 11.1 Å². The van der Waals surface area contributed by atoms with E-state index in [1.807, 2.05) is 47.8 Å². The summed E-state index contributed by atoms with van der Waals surface area (Å²) in [5.74, 6) is 0.498. The van der Waals surface area contributed by atoms with Crippen LogP contribution in [0, 0.1) is 0 Å². The molecule has 6 heteroatoms. The zero-order chi connectivity index (χ0) is 18.0. The molecule has 3 aromatic rings. The molecule has 0 spiro atoms. The predicted molar refractivity (Wildman–Crippen MR) is 101 cm³/mol. The van der Waals surface area contributed by atoms with Gasteiger partial charge in [0, 0.05) is 11.1 Å². The second kappa shape index (κ2) is 7.25. The summed E-state index contributed by atoms with van der Waals surface area (Å²) in [6.45, 7) is 0.114. The van der Waals surface area contributed by atoms with Crippen molar-refractivity contribution in [3.05, 3.63) is 64.1 Å². The quantitative estimate of drug-likeness (QED) is 0.534. The lowest BCUT2D eigenvalue weighted by molar-refractivity contribution is -0.152. The van der Waals surface area contributed by atoms with Crippen LogP contribution in [-0.2, 0) is 21.6 Å². The minimum absolute atomic E-state index is 0.114. The van der Waals surface area contributed by atoms with Crippen molar-refractivity contribution in [3.63, 3.8) is 0 Å². The van der Waals surface area contributed by atoms with E-state index in [1.54, 1.807) is 11.3 Å². The number of halogens is 1. The Balaban J connectivity index is 1.48. The molecule has 1 aliphatic rings. The lowest BCUT2D eigenvalue weighted by Gasteiger charge is -2.27. The number of thiophene rings is 1. The van der Waals surface area contributed by atoms with E-state index in [-0.39, 0.29) is 12.6 Å². The molecule has 0 atom stereocenters. The van der Waals surface area contributed by atoms with E-state index in [9.17, 15) is 4.79 Å². The lowest BCUT2D eigenvalue weighted by Crippen LogP contribution is -2.34. The third-order valence-electron chi connectivity index (χ3n) is 4.92. The SMILES string of the molecule is O=C(OCc1cc(-c2cccs2)on1)C1(c2ccc(Cl)cc2)CCCC1. The number of rotatable bonds is 5. The van der Waals surface area contributed by atoms with E-state index in [4.69, 9.17) is 20.9 Å². The Labute approximate surface area is 160 Å². The summed E-state index contributed by atoms with van der Waals surface area (Å²) >= 11 is 7.57. The molecule has 2 aromatic heterocycles. The molecule has 1 fully saturated rings. The highest BCUT2D eigenvalue weighted by atomic mass is 35.5. The smallest absolute Gasteiger partial charge is 0.316 e. The van der Waals surface area contributed by atoms with E-state index in [1.165, 1.54) is 0 Å². The zero-order valence-electron chi connectivity index (χ0n) is 14.1. The normalized spacial score (nSPS) is 15.9. The lowest BCUT2D eigenvalue weighted by atomic mass is 9.79. The molecule has 1 aliphatic carbocycles. The third kappa shape index (κ3) is 3.29. The topological polar surface area (TPSA) is 52.3 Å². The Bertz CT molecular complexity index is 880. The number of hydrogen-bond acceptors (Lipinski definition) is 5. The van der Waals surface area contributed by atoms with Crippen LogP contribution in [0.5, 0.6) is 0 Å². The summed E-state index contributed by atoms with van der Waals surface area (Å²) < 4.78 is 11.0. The molecule has 0 radical (unpaired) electrons. The van der Waals surface area contributed by atoms with Crippen LogP contribution in [0.2, 0.25) is 5.02 Å². The van der Waals surface area contributed by atoms with Crippen molar-refractivity contribution in [1.29, 1.82) is 0 Å². The maximum atomic E-state index is 12.9. The zero-order valence-corrected chi connectivity index (χ0v) is 15.7. The molecule has 0 N–H and O–H groups in total. The van der Waals surface area contributed by atoms with Crippen molar-refractivity contribution >= 4 is 28.9 Å². The molecule has 134 valence electrons. The van der Waals surface area contributed by atoms with Gasteiger partial charge in [-0.1, -0.05) is 47.8 Å². The first-order valence-electron chi connectivity index (χ1n) is 8.60. The van der Waals surface area contributed by atoms with Crippen LogP contribution < -0.4 is 0 Å². The molecule has 0 unspecified atom stereocenters. The number of aromatic nitrogens is 1. The first kappa shape index (κ1) is 17.3. The van der Waals surface area contributed by atoms with Crippen molar-refractivity contribution in [2.45, 2.75) is 37.7 Å². The molecule has 0 aliphatic heterocycles. The van der Waals surface area contributed by atoms with Crippen LogP contribution in [0.4, 0.5) is 0 Å². The van der Waals surface area contributed by atoms with Crippen LogP contribution in [0.1, 0.15) is 36.9 Å². The fraction of sp³-hybridized carbons (Fsp3) is 0.300. The van der Waals surface area contributed by atoms with Crippen molar-refractivity contribution in [2.24, 2.45) is 0 Å².